The molecule has 5 heteroatoms. The van der Waals surface area contributed by atoms with Gasteiger partial charge in [-0.05, 0) is 0 Å². The maximum atomic E-state index is 10.3. The maximum absolute atomic E-state index is 10.3. The van der Waals surface area contributed by atoms with E-state index in [4.69, 9.17) is 10.2 Å². The molecular formula is C5H8O5. The molecule has 2 N–H and O–H groups in total. The number of carbonyl (C=O) groups excluding carboxylic acids is 1. The molecule has 0 spiro atoms. The molecule has 0 aromatic heterocycles. The zero-order chi connectivity index (χ0) is 8.15. The van der Waals surface area contributed by atoms with Crippen LogP contribution < -0.4 is 0 Å². The van der Waals surface area contributed by atoms with Gasteiger partial charge in [0.15, 0.2) is 6.10 Å². The summed E-state index contributed by atoms with van der Waals surface area (Å²) in [4.78, 5) is 20.2. The second-order valence-electron chi connectivity index (χ2n) is 1.64. The van der Waals surface area contributed by atoms with Crippen molar-refractivity contribution in [1.29, 1.82) is 0 Å². The van der Waals surface area contributed by atoms with Crippen LogP contribution in [0.3, 0.4) is 0 Å². The number of rotatable bonds is 3. The fraction of sp³-hybridized carbons (Fsp3) is 0.600. The Morgan fingerprint density at radius 3 is 2.40 bits per heavy atom. The van der Waals surface area contributed by atoms with Gasteiger partial charge in [0.1, 0.15) is 0 Å². The number of aliphatic carboxylic acids is 1. The quantitative estimate of drug-likeness (QED) is 0.501. The Bertz CT molecular complexity index is 141. The van der Waals surface area contributed by atoms with Crippen LogP contribution in [0, 0.1) is 0 Å². The number of hydrogen-bond donors (Lipinski definition) is 2. The summed E-state index contributed by atoms with van der Waals surface area (Å²) in [6, 6.07) is 0. The highest BCUT2D eigenvalue weighted by atomic mass is 16.5. The Morgan fingerprint density at radius 2 is 2.10 bits per heavy atom. The predicted molar refractivity (Wildman–Crippen MR) is 30.3 cm³/mol. The average Bonchev–Trinajstić information content (AvgIpc) is 1.85. The smallest absolute Gasteiger partial charge is 0.335 e. The number of hydrogen-bond acceptors (Lipinski definition) is 4. The Labute approximate surface area is 57.2 Å². The lowest BCUT2D eigenvalue weighted by molar-refractivity contribution is -0.155. The molecule has 1 atom stereocenters. The summed E-state index contributed by atoms with van der Waals surface area (Å²) in [7, 11) is 1.08. The second-order valence-corrected chi connectivity index (χ2v) is 1.64. The highest BCUT2D eigenvalue weighted by Gasteiger charge is 2.18. The van der Waals surface area contributed by atoms with Crippen LogP contribution in [0.5, 0.6) is 0 Å². The molecule has 0 bridgehead atoms. The van der Waals surface area contributed by atoms with Gasteiger partial charge in [0.05, 0.1) is 13.5 Å². The van der Waals surface area contributed by atoms with Crippen molar-refractivity contribution in [1.82, 2.24) is 0 Å². The minimum absolute atomic E-state index is 0.618. The van der Waals surface area contributed by atoms with Crippen LogP contribution >= 0.6 is 0 Å². The number of ether oxygens (including phenoxy) is 1. The molecule has 0 radical (unpaired) electrons. The first-order valence-corrected chi connectivity index (χ1v) is 2.55. The summed E-state index contributed by atoms with van der Waals surface area (Å²) in [5.74, 6) is -2.17. The first-order valence-electron chi connectivity index (χ1n) is 2.55. The van der Waals surface area contributed by atoms with Gasteiger partial charge < -0.3 is 14.9 Å². The lowest BCUT2D eigenvalue weighted by Gasteiger charge is -2.03. The van der Waals surface area contributed by atoms with E-state index in [0.717, 1.165) is 7.11 Å². The van der Waals surface area contributed by atoms with Crippen LogP contribution in [0.2, 0.25) is 0 Å². The third-order valence-corrected chi connectivity index (χ3v) is 0.841. The van der Waals surface area contributed by atoms with E-state index < -0.39 is 24.5 Å². The number of carboxylic acid groups (broad SMARTS) is 1. The van der Waals surface area contributed by atoms with E-state index in [1.807, 2.05) is 0 Å². The normalized spacial score (nSPS) is 12.2. The third-order valence-electron chi connectivity index (χ3n) is 0.841. The van der Waals surface area contributed by atoms with Crippen LogP contribution in [0.1, 0.15) is 6.42 Å². The minimum atomic E-state index is -1.55. The minimum Gasteiger partial charge on any atom is -0.481 e. The average molecular weight is 148 g/mol. The highest BCUT2D eigenvalue weighted by Crippen LogP contribution is 1.92. The van der Waals surface area contributed by atoms with Gasteiger partial charge in [0.25, 0.3) is 0 Å². The molecule has 0 saturated heterocycles. The Hall–Kier alpha value is -1.10. The van der Waals surface area contributed by atoms with Crippen molar-refractivity contribution < 1.29 is 24.5 Å². The van der Waals surface area contributed by atoms with E-state index in [1.165, 1.54) is 0 Å². The number of methoxy groups -OCH3 is 1. The van der Waals surface area contributed by atoms with Gasteiger partial charge in [0.2, 0.25) is 0 Å². The molecule has 0 heterocycles. The van der Waals surface area contributed by atoms with Crippen LogP contribution in [-0.2, 0) is 14.3 Å². The molecular weight excluding hydrogens is 140 g/mol. The summed E-state index contributed by atoms with van der Waals surface area (Å²) >= 11 is 0. The van der Waals surface area contributed by atoms with E-state index in [9.17, 15) is 9.59 Å². The van der Waals surface area contributed by atoms with Gasteiger partial charge in [-0.2, -0.15) is 0 Å². The van der Waals surface area contributed by atoms with Gasteiger partial charge in [-0.25, -0.2) is 4.79 Å². The molecule has 58 valence electrons. The fourth-order valence-electron chi connectivity index (χ4n) is 0.385. The monoisotopic (exact) mass is 148 g/mol. The number of carbonyl (C=O) groups is 2. The molecule has 0 aliphatic carbocycles. The third kappa shape index (κ3) is 3.03. The number of esters is 1. The van der Waals surface area contributed by atoms with Crippen molar-refractivity contribution in [2.75, 3.05) is 7.11 Å². The Kier molecular flexibility index (Phi) is 3.42. The van der Waals surface area contributed by atoms with Gasteiger partial charge in [0, 0.05) is 0 Å². The largest absolute Gasteiger partial charge is 0.481 e. The van der Waals surface area contributed by atoms with Crippen LogP contribution in [0.25, 0.3) is 0 Å². The molecule has 0 rings (SSSR count). The van der Waals surface area contributed by atoms with Crippen molar-refractivity contribution in [3.63, 3.8) is 0 Å². The van der Waals surface area contributed by atoms with Crippen LogP contribution in [0.15, 0.2) is 0 Å². The van der Waals surface area contributed by atoms with Crippen molar-refractivity contribution in [2.24, 2.45) is 0 Å². The molecule has 0 amide bonds. The van der Waals surface area contributed by atoms with Crippen molar-refractivity contribution in [2.45, 2.75) is 12.5 Å². The van der Waals surface area contributed by atoms with E-state index in [0.29, 0.717) is 0 Å². The molecule has 1 unspecified atom stereocenters. The summed E-state index contributed by atoms with van der Waals surface area (Å²) in [6.07, 6.45) is -2.17. The van der Waals surface area contributed by atoms with Gasteiger partial charge >= 0.3 is 11.9 Å². The van der Waals surface area contributed by atoms with Crippen LogP contribution in [-0.4, -0.2) is 35.4 Å². The SMILES string of the molecule is COC(=O)C(O)CC(=O)O. The summed E-state index contributed by atoms with van der Waals surface area (Å²) < 4.78 is 4.06. The molecule has 0 fully saturated rings. The Balaban J connectivity index is 3.72. The predicted octanol–water partition coefficient (Wildman–Crippen LogP) is -1.01. The summed E-state index contributed by atoms with van der Waals surface area (Å²) in [5, 5.41) is 16.7. The van der Waals surface area contributed by atoms with Crippen LogP contribution in [0.4, 0.5) is 0 Å². The number of carboxylic acids is 1. The maximum Gasteiger partial charge on any atom is 0.335 e. The van der Waals surface area contributed by atoms with E-state index in [-0.39, 0.29) is 0 Å². The molecule has 10 heavy (non-hydrogen) atoms. The zero-order valence-corrected chi connectivity index (χ0v) is 5.40. The second kappa shape index (κ2) is 3.84. The van der Waals surface area contributed by atoms with E-state index >= 15 is 0 Å². The first kappa shape index (κ1) is 8.90. The number of aliphatic hydroxyl groups is 1. The molecule has 0 saturated carbocycles. The highest BCUT2D eigenvalue weighted by molar-refractivity contribution is 5.80. The van der Waals surface area contributed by atoms with Crippen molar-refractivity contribution in [3.05, 3.63) is 0 Å². The van der Waals surface area contributed by atoms with E-state index in [2.05, 4.69) is 4.74 Å². The summed E-state index contributed by atoms with van der Waals surface area (Å²) in [5.41, 5.74) is 0. The van der Waals surface area contributed by atoms with Crippen molar-refractivity contribution in [3.8, 4) is 0 Å². The van der Waals surface area contributed by atoms with Gasteiger partial charge in [-0.3, -0.25) is 4.79 Å². The topological polar surface area (TPSA) is 83.8 Å². The lowest BCUT2D eigenvalue weighted by Crippen LogP contribution is -2.24. The van der Waals surface area contributed by atoms with E-state index in [1.54, 1.807) is 0 Å². The molecule has 0 aliphatic rings. The standard InChI is InChI=1S/C5H8O5/c1-10-5(9)3(6)2-4(7)8/h3,6H,2H2,1H3,(H,7,8). The molecule has 5 nitrogen and oxygen atoms in total. The van der Waals surface area contributed by atoms with Gasteiger partial charge in [-0.1, -0.05) is 0 Å². The van der Waals surface area contributed by atoms with Gasteiger partial charge in [-0.15, -0.1) is 0 Å². The lowest BCUT2D eigenvalue weighted by atomic mass is 10.3. The summed E-state index contributed by atoms with van der Waals surface area (Å²) in [6.45, 7) is 0. The Morgan fingerprint density at radius 1 is 1.60 bits per heavy atom. The first-order chi connectivity index (χ1) is 4.57. The zero-order valence-electron chi connectivity index (χ0n) is 5.40. The molecule has 0 aromatic carbocycles. The fourth-order valence-corrected chi connectivity index (χ4v) is 0.385. The number of aliphatic hydroxyl groups excluding tert-OH is 1. The molecule has 0 aliphatic heterocycles. The van der Waals surface area contributed by atoms with Crippen molar-refractivity contribution >= 4 is 11.9 Å². The molecule has 0 aromatic rings.